The van der Waals surface area contributed by atoms with Crippen LogP contribution in [0.3, 0.4) is 0 Å². The lowest BCUT2D eigenvalue weighted by molar-refractivity contribution is 0.104. The van der Waals surface area contributed by atoms with Crippen LogP contribution in [0.25, 0.3) is 22.2 Å². The highest BCUT2D eigenvalue weighted by atomic mass is 35.5. The van der Waals surface area contributed by atoms with Gasteiger partial charge in [0.2, 0.25) is 0 Å². The Balaban J connectivity index is 1.24. The van der Waals surface area contributed by atoms with Crippen molar-refractivity contribution in [2.45, 2.75) is 19.9 Å². The average molecular weight is 517 g/mol. The Morgan fingerprint density at radius 1 is 1.05 bits per heavy atom. The van der Waals surface area contributed by atoms with Gasteiger partial charge in [-0.05, 0) is 44.2 Å². The van der Waals surface area contributed by atoms with Crippen LogP contribution in [0.2, 0.25) is 5.02 Å². The van der Waals surface area contributed by atoms with E-state index >= 15 is 0 Å². The first-order valence-electron chi connectivity index (χ1n) is 12.7. The van der Waals surface area contributed by atoms with Crippen LogP contribution in [0, 0.1) is 0 Å². The largest absolute Gasteiger partial charge is 0.492 e. The molecule has 0 unspecified atom stereocenters. The molecular weight excluding hydrogens is 488 g/mol. The van der Waals surface area contributed by atoms with Gasteiger partial charge in [0.1, 0.15) is 17.9 Å². The van der Waals surface area contributed by atoms with Crippen LogP contribution in [0.1, 0.15) is 29.8 Å². The van der Waals surface area contributed by atoms with Gasteiger partial charge in [0.05, 0.1) is 16.6 Å². The van der Waals surface area contributed by atoms with Gasteiger partial charge in [-0.25, -0.2) is 0 Å². The molecule has 4 aromatic rings. The van der Waals surface area contributed by atoms with Gasteiger partial charge in [0.15, 0.2) is 11.5 Å². The highest BCUT2D eigenvalue weighted by Crippen LogP contribution is 2.46. The number of anilines is 2. The van der Waals surface area contributed by atoms with Crippen molar-refractivity contribution in [3.63, 3.8) is 0 Å². The normalized spacial score (nSPS) is 15.4. The van der Waals surface area contributed by atoms with Crippen molar-refractivity contribution in [3.8, 4) is 17.1 Å². The number of ketones is 1. The van der Waals surface area contributed by atoms with Crippen molar-refractivity contribution in [2.24, 2.45) is 0 Å². The summed E-state index contributed by atoms with van der Waals surface area (Å²) in [5.74, 6) is 1.51. The molecular formula is C29H29ClN4O3. The van der Waals surface area contributed by atoms with Gasteiger partial charge < -0.3 is 19.5 Å². The summed E-state index contributed by atoms with van der Waals surface area (Å²) in [6.07, 6.45) is 0. The maximum Gasteiger partial charge on any atom is 0.196 e. The lowest BCUT2D eigenvalue weighted by atomic mass is 9.86. The molecule has 8 heteroatoms. The van der Waals surface area contributed by atoms with Crippen LogP contribution in [-0.2, 0) is 0 Å². The number of hydrogen-bond donors (Lipinski definition) is 1. The lowest BCUT2D eigenvalue weighted by Crippen LogP contribution is -2.47. The Bertz CT molecular complexity index is 1460. The number of halogens is 1. The van der Waals surface area contributed by atoms with E-state index in [1.807, 2.05) is 48.5 Å². The SMILES string of the molecule is CC(C)Nc1cc(N2CCN(CCOc3ccc(Cl)cc3)CC2)c2noc3c2c1C(=O)c1ccccc1-3. The molecule has 1 N–H and O–H groups in total. The first-order chi connectivity index (χ1) is 18.0. The zero-order valence-corrected chi connectivity index (χ0v) is 21.7. The van der Waals surface area contributed by atoms with Crippen molar-refractivity contribution in [2.75, 3.05) is 49.5 Å². The number of nitrogens with one attached hydrogen (secondary N) is 1. The van der Waals surface area contributed by atoms with Gasteiger partial charge >= 0.3 is 0 Å². The topological polar surface area (TPSA) is 70.8 Å². The standard InChI is InChI=1S/C29H29ClN4O3/c1-18(2)31-23-17-24(27-26-25(23)28(35)21-5-3-4-6-22(21)29(26)37-32-27)34-13-11-33(12-14-34)15-16-36-20-9-7-19(30)8-10-20/h3-10,17-18,31H,11-16H2,1-2H3. The molecule has 0 radical (unpaired) electrons. The quantitative estimate of drug-likeness (QED) is 0.297. The third kappa shape index (κ3) is 4.43. The number of nitrogens with zero attached hydrogens (tertiary/aromatic N) is 3. The highest BCUT2D eigenvalue weighted by Gasteiger charge is 2.34. The second-order valence-electron chi connectivity index (χ2n) is 9.86. The number of carbonyl (C=O) groups is 1. The Labute approximate surface area is 220 Å². The van der Waals surface area contributed by atoms with Gasteiger partial charge in [0, 0.05) is 60.6 Å². The lowest BCUT2D eigenvalue weighted by Gasteiger charge is -2.36. The summed E-state index contributed by atoms with van der Waals surface area (Å²) in [6.45, 7) is 9.15. The van der Waals surface area contributed by atoms with Gasteiger partial charge in [-0.2, -0.15) is 0 Å². The van der Waals surface area contributed by atoms with Crippen LogP contribution >= 0.6 is 11.6 Å². The highest BCUT2D eigenvalue weighted by molar-refractivity contribution is 6.30. The zero-order valence-electron chi connectivity index (χ0n) is 21.0. The van der Waals surface area contributed by atoms with Gasteiger partial charge in [-0.15, -0.1) is 0 Å². The van der Waals surface area contributed by atoms with Crippen molar-refractivity contribution < 1.29 is 14.1 Å². The Hall–Kier alpha value is -3.55. The second kappa shape index (κ2) is 9.72. The molecule has 7 nitrogen and oxygen atoms in total. The van der Waals surface area contributed by atoms with Crippen LogP contribution < -0.4 is 15.0 Å². The maximum atomic E-state index is 13.6. The van der Waals surface area contributed by atoms with E-state index in [1.165, 1.54) is 0 Å². The number of rotatable bonds is 7. The first kappa shape index (κ1) is 23.8. The number of piperazine rings is 1. The number of fused-ring (bicyclic) bond motifs is 2. The summed E-state index contributed by atoms with van der Waals surface area (Å²) in [5, 5.41) is 9.51. The molecule has 6 rings (SSSR count). The molecule has 1 saturated heterocycles. The third-order valence-corrected chi connectivity index (χ3v) is 7.28. The third-order valence-electron chi connectivity index (χ3n) is 7.03. The molecule has 0 amide bonds. The number of carbonyl (C=O) groups excluding carboxylic acids is 1. The molecule has 0 atom stereocenters. The van der Waals surface area contributed by atoms with E-state index < -0.39 is 0 Å². The smallest absolute Gasteiger partial charge is 0.196 e. The van der Waals surface area contributed by atoms with Crippen LogP contribution in [0.5, 0.6) is 5.75 Å². The van der Waals surface area contributed by atoms with E-state index in [0.29, 0.717) is 28.5 Å². The van der Waals surface area contributed by atoms with E-state index in [0.717, 1.165) is 66.3 Å². The van der Waals surface area contributed by atoms with Gasteiger partial charge in [-0.1, -0.05) is 41.0 Å². The molecule has 1 aliphatic carbocycles. The fourth-order valence-electron chi connectivity index (χ4n) is 5.24. The minimum absolute atomic E-state index is 0.0107. The van der Waals surface area contributed by atoms with E-state index in [1.54, 1.807) is 0 Å². The molecule has 1 aromatic heterocycles. The summed E-state index contributed by atoms with van der Waals surface area (Å²) in [7, 11) is 0. The molecule has 1 aliphatic heterocycles. The van der Waals surface area contributed by atoms with E-state index in [-0.39, 0.29) is 11.8 Å². The van der Waals surface area contributed by atoms with E-state index in [2.05, 4.69) is 40.2 Å². The summed E-state index contributed by atoms with van der Waals surface area (Å²) in [6, 6.07) is 17.3. The van der Waals surface area contributed by atoms with E-state index in [9.17, 15) is 4.79 Å². The molecule has 0 spiro atoms. The Morgan fingerprint density at radius 3 is 2.51 bits per heavy atom. The number of aromatic nitrogens is 1. The van der Waals surface area contributed by atoms with E-state index in [4.69, 9.17) is 20.9 Å². The zero-order chi connectivity index (χ0) is 25.5. The first-order valence-corrected chi connectivity index (χ1v) is 13.1. The average Bonchev–Trinajstić information content (AvgIpc) is 3.34. The summed E-state index contributed by atoms with van der Waals surface area (Å²) < 4.78 is 11.8. The predicted molar refractivity (Wildman–Crippen MR) is 147 cm³/mol. The molecule has 3 aromatic carbocycles. The number of hydrogen-bond acceptors (Lipinski definition) is 7. The molecule has 2 aliphatic rings. The molecule has 0 bridgehead atoms. The van der Waals surface area contributed by atoms with Crippen LogP contribution in [0.4, 0.5) is 11.4 Å². The fraction of sp³-hybridized carbons (Fsp3) is 0.310. The van der Waals surface area contributed by atoms with Crippen molar-refractivity contribution in [1.82, 2.24) is 10.1 Å². The van der Waals surface area contributed by atoms with Crippen LogP contribution in [-0.4, -0.2) is 61.2 Å². The molecule has 190 valence electrons. The summed E-state index contributed by atoms with van der Waals surface area (Å²) in [5.41, 5.74) is 4.70. The summed E-state index contributed by atoms with van der Waals surface area (Å²) >= 11 is 5.95. The maximum absolute atomic E-state index is 13.6. The second-order valence-corrected chi connectivity index (χ2v) is 10.3. The monoisotopic (exact) mass is 516 g/mol. The van der Waals surface area contributed by atoms with Crippen molar-refractivity contribution in [1.29, 1.82) is 0 Å². The number of benzene rings is 3. The number of ether oxygens (including phenoxy) is 1. The Kier molecular flexibility index (Phi) is 6.26. The summed E-state index contributed by atoms with van der Waals surface area (Å²) in [4.78, 5) is 18.3. The predicted octanol–water partition coefficient (Wildman–Crippen LogP) is 5.71. The molecule has 0 saturated carbocycles. The van der Waals surface area contributed by atoms with Gasteiger partial charge in [-0.3, -0.25) is 9.69 Å². The van der Waals surface area contributed by atoms with Crippen molar-refractivity contribution >= 4 is 39.7 Å². The minimum Gasteiger partial charge on any atom is -0.492 e. The van der Waals surface area contributed by atoms with Crippen LogP contribution in [0.15, 0.2) is 59.1 Å². The van der Waals surface area contributed by atoms with Crippen molar-refractivity contribution in [3.05, 3.63) is 70.7 Å². The van der Waals surface area contributed by atoms with Gasteiger partial charge in [0.25, 0.3) is 0 Å². The molecule has 1 fully saturated rings. The minimum atomic E-state index is 0.0107. The Morgan fingerprint density at radius 2 is 1.78 bits per heavy atom. The molecule has 37 heavy (non-hydrogen) atoms. The fourth-order valence-corrected chi connectivity index (χ4v) is 5.37. The molecule has 2 heterocycles.